The van der Waals surface area contributed by atoms with E-state index in [-0.39, 0.29) is 42.9 Å². The first kappa shape index (κ1) is 23.5. The fraction of sp³-hybridized carbons (Fsp3) is 0. The number of hydrogen-bond acceptors (Lipinski definition) is 6. The molecule has 12 heavy (non-hydrogen) atoms. The predicted molar refractivity (Wildman–Crippen MR) is 60.3 cm³/mol. The van der Waals surface area contributed by atoms with E-state index in [2.05, 4.69) is 35.5 Å². The Balaban J connectivity index is -0.0000000389. The van der Waals surface area contributed by atoms with Crippen LogP contribution in [0.1, 0.15) is 0 Å². The Bertz CT molecular complexity index is 89.7. The minimum atomic E-state index is -1.75. The van der Waals surface area contributed by atoms with Gasteiger partial charge in [0.2, 0.25) is 0 Å². The average molecular weight is 792 g/mol. The van der Waals surface area contributed by atoms with E-state index >= 15 is 0 Å². The van der Waals surface area contributed by atoms with Crippen LogP contribution in [0.4, 0.5) is 0 Å². The third-order valence-electron chi connectivity index (χ3n) is 0. The summed E-state index contributed by atoms with van der Waals surface area (Å²) < 4.78 is 0. The second-order valence-corrected chi connectivity index (χ2v) is 28.7. The Morgan fingerprint density at radius 1 is 0.917 bits per heavy atom. The molecule has 12 heteroatoms. The molecule has 4 radical (unpaired) electrons. The van der Waals surface area contributed by atoms with E-state index in [4.69, 9.17) is 30.6 Å². The maximum Gasteiger partial charge on any atom is 2.00 e. The smallest absolute Gasteiger partial charge is 2.00 e. The zero-order valence-electron chi connectivity index (χ0n) is 5.10. The molecule has 0 aliphatic heterocycles. The molecule has 0 aromatic heterocycles. The maximum atomic E-state index is 8.25. The number of hydrogen-bond donors (Lipinski definition) is 0. The number of rotatable bonds is 0. The van der Waals surface area contributed by atoms with E-state index < -0.39 is 10.2 Å². The van der Waals surface area contributed by atoms with Crippen LogP contribution in [0.25, 0.3) is 0 Å². The molecule has 0 fully saturated rings. The van der Waals surface area contributed by atoms with Crippen LogP contribution in [-0.2, 0) is 0 Å². The van der Waals surface area contributed by atoms with Crippen LogP contribution in [0.5, 0.6) is 0 Å². The zero-order valence-corrected chi connectivity index (χ0v) is 17.2. The van der Waals surface area contributed by atoms with Gasteiger partial charge in [-0.3, -0.25) is 0 Å². The van der Waals surface area contributed by atoms with Crippen LogP contribution in [0, 0.1) is 30.6 Å². The van der Waals surface area contributed by atoms with Gasteiger partial charge in [0.25, 0.3) is 0 Å². The summed E-state index contributed by atoms with van der Waals surface area (Å²) in [5, 5.41) is 29.5. The fourth-order valence-electron chi connectivity index (χ4n) is 0. The molecule has 0 spiro atoms. The van der Waals surface area contributed by atoms with Gasteiger partial charge in [-0.05, 0) is 0 Å². The zero-order chi connectivity index (χ0) is 9.86. The van der Waals surface area contributed by atoms with Crippen LogP contribution < -0.4 is 0 Å². The van der Waals surface area contributed by atoms with Crippen LogP contribution in [0.3, 0.4) is 0 Å². The molecular formula is I2N2O6Pb2. The second kappa shape index (κ2) is 23.0. The first-order valence-corrected chi connectivity index (χ1v) is 23.3. The summed E-state index contributed by atoms with van der Waals surface area (Å²) in [5.74, 6) is 0. The van der Waals surface area contributed by atoms with Gasteiger partial charge in [-0.25, -0.2) is 0 Å². The molecule has 0 saturated carbocycles. The van der Waals surface area contributed by atoms with Crippen molar-refractivity contribution in [2.45, 2.75) is 0 Å². The van der Waals surface area contributed by atoms with Crippen molar-refractivity contribution in [3.8, 4) is 0 Å². The van der Waals surface area contributed by atoms with E-state index in [0.717, 1.165) is 0 Å². The van der Waals surface area contributed by atoms with Gasteiger partial charge in [0.15, 0.2) is 0 Å². The molecule has 0 aromatic rings. The minimum absolute atomic E-state index is 0. The molecule has 0 bridgehead atoms. The molecule has 0 aromatic carbocycles. The topological polar surface area (TPSA) is 132 Å². The van der Waals surface area contributed by atoms with Crippen molar-refractivity contribution in [3.63, 3.8) is 0 Å². The Hall–Kier alpha value is 1.70. The molecule has 0 heterocycles. The van der Waals surface area contributed by atoms with Crippen LogP contribution in [0.2, 0.25) is 0 Å². The van der Waals surface area contributed by atoms with Crippen LogP contribution in [-0.4, -0.2) is 53.1 Å². The Kier molecular flexibility index (Phi) is 45.0. The molecule has 0 unspecified atom stereocenters. The van der Waals surface area contributed by atoms with Gasteiger partial charge in [0.05, 0.1) is 10.2 Å². The summed E-state index contributed by atoms with van der Waals surface area (Å²) in [6.45, 7) is 0. The quantitative estimate of drug-likeness (QED) is 0.152. The molecular weight excluding hydrogens is 792 g/mol. The fourth-order valence-corrected chi connectivity index (χ4v) is 0. The van der Waals surface area contributed by atoms with E-state index in [1.54, 1.807) is 0 Å². The van der Waals surface area contributed by atoms with Gasteiger partial charge in [0.1, 0.15) is 0 Å². The SMILES string of the molecule is O=[N+]([O-])[O-].O=[N+]([O-])[O-].[I][Pb][I].[Pb+2]. The number of nitrogens with zero attached hydrogens (tertiary/aromatic N) is 2. The van der Waals surface area contributed by atoms with Gasteiger partial charge in [0, 0.05) is 0 Å². The average Bonchev–Trinajstić information content (AvgIpc) is 1.60. The Morgan fingerprint density at radius 2 is 0.917 bits per heavy atom. The van der Waals surface area contributed by atoms with Crippen molar-refractivity contribution in [3.05, 3.63) is 30.6 Å². The van der Waals surface area contributed by atoms with Gasteiger partial charge in [-0.1, -0.05) is 0 Å². The summed E-state index contributed by atoms with van der Waals surface area (Å²) in [6.07, 6.45) is 0. The molecule has 0 aliphatic rings. The summed E-state index contributed by atoms with van der Waals surface area (Å²) >= 11 is 4.96. The third kappa shape index (κ3) is 462. The summed E-state index contributed by atoms with van der Waals surface area (Å²) in [5.41, 5.74) is 0. The molecule has 0 aliphatic carbocycles. The van der Waals surface area contributed by atoms with Gasteiger partial charge in [-0.15, -0.1) is 0 Å². The predicted octanol–water partition coefficient (Wildman–Crippen LogP) is 0.532. The van der Waals surface area contributed by atoms with E-state index in [0.29, 0.717) is 0 Å². The summed E-state index contributed by atoms with van der Waals surface area (Å²) in [7, 11) is 0. The summed E-state index contributed by atoms with van der Waals surface area (Å²) in [4.78, 5) is 16.5. The summed E-state index contributed by atoms with van der Waals surface area (Å²) in [6, 6.07) is 0. The van der Waals surface area contributed by atoms with Crippen molar-refractivity contribution in [2.24, 2.45) is 0 Å². The van der Waals surface area contributed by atoms with Crippen molar-refractivity contribution in [1.82, 2.24) is 0 Å². The Morgan fingerprint density at radius 3 is 0.917 bits per heavy atom. The molecule has 0 N–H and O–H groups in total. The third-order valence-corrected chi connectivity index (χ3v) is 0. The van der Waals surface area contributed by atoms with Crippen molar-refractivity contribution >= 4 is 78.5 Å². The molecule has 0 amide bonds. The molecule has 0 atom stereocenters. The minimum Gasteiger partial charge on any atom is 2.00 e. The molecule has 0 rings (SSSR count). The van der Waals surface area contributed by atoms with Crippen molar-refractivity contribution < 1.29 is 10.2 Å². The van der Waals surface area contributed by atoms with E-state index in [1.807, 2.05) is 0 Å². The van der Waals surface area contributed by atoms with Gasteiger partial charge < -0.3 is 30.6 Å². The molecule has 68 valence electrons. The van der Waals surface area contributed by atoms with E-state index in [9.17, 15) is 0 Å². The Labute approximate surface area is 117 Å². The first-order chi connectivity index (χ1) is 4.88. The second-order valence-electron chi connectivity index (χ2n) is 0.519. The molecule has 8 nitrogen and oxygen atoms in total. The first-order valence-electron chi connectivity index (χ1n) is 1.47. The largest absolute Gasteiger partial charge is 2.00 e. The van der Waals surface area contributed by atoms with Crippen molar-refractivity contribution in [2.75, 3.05) is 0 Å². The van der Waals surface area contributed by atoms with Crippen LogP contribution >= 0.6 is 35.5 Å². The monoisotopic (exact) mass is 794 g/mol. The van der Waals surface area contributed by atoms with E-state index in [1.165, 1.54) is 0 Å². The van der Waals surface area contributed by atoms with Gasteiger partial charge >= 0.3 is 78.5 Å². The maximum absolute atomic E-state index is 8.25. The number of halogens is 2. The standard InChI is InChI=1S/2HI.2NO3.2Pb/c;;2*2-1(3)4;;/h2*1H;;;;/q;;2*-1;2*+2/p-2. The van der Waals surface area contributed by atoms with Crippen LogP contribution in [0.15, 0.2) is 0 Å². The molecule has 0 saturated heterocycles. The van der Waals surface area contributed by atoms with Gasteiger partial charge in [-0.2, -0.15) is 0 Å². The normalized spacial score (nSPS) is 5.50. The van der Waals surface area contributed by atoms with Crippen molar-refractivity contribution in [1.29, 1.82) is 0 Å².